The van der Waals surface area contributed by atoms with Crippen LogP contribution in [0.25, 0.3) is 0 Å². The molecule has 0 aliphatic rings. The highest BCUT2D eigenvalue weighted by Gasteiger charge is 2.17. The first-order valence-electron chi connectivity index (χ1n) is 6.75. The number of hydrogen-bond donors (Lipinski definition) is 1. The number of nitrogens with one attached hydrogen (secondary N) is 1. The lowest BCUT2D eigenvalue weighted by Crippen LogP contribution is -2.19. The summed E-state index contributed by atoms with van der Waals surface area (Å²) in [6.07, 6.45) is 0. The number of methoxy groups -OCH3 is 2. The average Bonchev–Trinajstić information content (AvgIpc) is 2.51. The Morgan fingerprint density at radius 2 is 1.62 bits per heavy atom. The molecule has 112 valence electrons. The predicted octanol–water partition coefficient (Wildman–Crippen LogP) is 3.46. The molecule has 4 heteroatoms. The Morgan fingerprint density at radius 1 is 1.00 bits per heavy atom. The van der Waals surface area contributed by atoms with Crippen LogP contribution < -0.4 is 14.8 Å². The van der Waals surface area contributed by atoms with Crippen molar-refractivity contribution >= 4 is 0 Å². The van der Waals surface area contributed by atoms with E-state index in [-0.39, 0.29) is 11.9 Å². The van der Waals surface area contributed by atoms with Crippen LogP contribution >= 0.6 is 0 Å². The molecule has 2 aromatic rings. The summed E-state index contributed by atoms with van der Waals surface area (Å²) in [7, 11) is 5.07. The molecule has 2 aromatic carbocycles. The van der Waals surface area contributed by atoms with E-state index in [4.69, 9.17) is 9.47 Å². The van der Waals surface area contributed by atoms with Crippen molar-refractivity contribution in [3.63, 3.8) is 0 Å². The van der Waals surface area contributed by atoms with Crippen molar-refractivity contribution in [2.45, 2.75) is 13.0 Å². The molecular weight excluding hydrogens is 269 g/mol. The summed E-state index contributed by atoms with van der Waals surface area (Å²) in [5.74, 6) is 1.17. The van der Waals surface area contributed by atoms with E-state index < -0.39 is 0 Å². The third kappa shape index (κ3) is 3.34. The van der Waals surface area contributed by atoms with Crippen molar-refractivity contribution in [1.82, 2.24) is 5.32 Å². The monoisotopic (exact) mass is 289 g/mol. The number of rotatable bonds is 5. The molecule has 0 aromatic heterocycles. The Balaban J connectivity index is 2.52. The SMILES string of the molecule is CNC(c1cc(OC)cc(OC)c1)c1cc(F)ccc1C. The van der Waals surface area contributed by atoms with Crippen molar-refractivity contribution in [1.29, 1.82) is 0 Å². The van der Waals surface area contributed by atoms with E-state index in [1.165, 1.54) is 6.07 Å². The summed E-state index contributed by atoms with van der Waals surface area (Å²) >= 11 is 0. The summed E-state index contributed by atoms with van der Waals surface area (Å²) in [4.78, 5) is 0. The van der Waals surface area contributed by atoms with Gasteiger partial charge in [0, 0.05) is 6.07 Å². The fourth-order valence-corrected chi connectivity index (χ4v) is 2.42. The molecule has 0 saturated heterocycles. The Hall–Kier alpha value is -2.07. The minimum atomic E-state index is -0.245. The molecule has 1 atom stereocenters. The van der Waals surface area contributed by atoms with E-state index >= 15 is 0 Å². The van der Waals surface area contributed by atoms with E-state index in [0.29, 0.717) is 11.5 Å². The van der Waals surface area contributed by atoms with Gasteiger partial charge >= 0.3 is 0 Å². The van der Waals surface area contributed by atoms with Crippen molar-refractivity contribution in [3.8, 4) is 11.5 Å². The van der Waals surface area contributed by atoms with Gasteiger partial charge in [-0.3, -0.25) is 0 Å². The van der Waals surface area contributed by atoms with Gasteiger partial charge in [-0.2, -0.15) is 0 Å². The fraction of sp³-hybridized carbons (Fsp3) is 0.294. The minimum absolute atomic E-state index is 0.135. The van der Waals surface area contributed by atoms with Gasteiger partial charge in [0.2, 0.25) is 0 Å². The lowest BCUT2D eigenvalue weighted by molar-refractivity contribution is 0.392. The fourth-order valence-electron chi connectivity index (χ4n) is 2.42. The van der Waals surface area contributed by atoms with Gasteiger partial charge in [0.05, 0.1) is 20.3 Å². The molecular formula is C17H20FNO2. The molecule has 0 aliphatic heterocycles. The van der Waals surface area contributed by atoms with Crippen LogP contribution in [0.1, 0.15) is 22.7 Å². The Labute approximate surface area is 124 Å². The third-order valence-electron chi connectivity index (χ3n) is 3.55. The van der Waals surface area contributed by atoms with Crippen molar-refractivity contribution in [2.75, 3.05) is 21.3 Å². The van der Waals surface area contributed by atoms with Crippen LogP contribution in [0.3, 0.4) is 0 Å². The summed E-state index contributed by atoms with van der Waals surface area (Å²) in [6.45, 7) is 1.97. The number of halogens is 1. The first-order chi connectivity index (χ1) is 10.1. The van der Waals surface area contributed by atoms with Crippen LogP contribution in [-0.2, 0) is 0 Å². The molecule has 3 nitrogen and oxygen atoms in total. The molecule has 0 saturated carbocycles. The van der Waals surface area contributed by atoms with Gasteiger partial charge in [0.15, 0.2) is 0 Å². The Morgan fingerprint density at radius 3 is 2.14 bits per heavy atom. The summed E-state index contributed by atoms with van der Waals surface area (Å²) < 4.78 is 24.2. The zero-order valence-electron chi connectivity index (χ0n) is 12.7. The van der Waals surface area contributed by atoms with Crippen LogP contribution in [-0.4, -0.2) is 21.3 Å². The molecule has 2 rings (SSSR count). The maximum Gasteiger partial charge on any atom is 0.123 e. The molecule has 0 spiro atoms. The molecule has 1 N–H and O–H groups in total. The molecule has 0 amide bonds. The Kier molecular flexibility index (Phi) is 4.81. The number of benzene rings is 2. The van der Waals surface area contributed by atoms with Crippen molar-refractivity contribution in [3.05, 3.63) is 58.9 Å². The van der Waals surface area contributed by atoms with Gasteiger partial charge in [-0.05, 0) is 54.9 Å². The van der Waals surface area contributed by atoms with E-state index in [2.05, 4.69) is 5.32 Å². The largest absolute Gasteiger partial charge is 0.497 e. The van der Waals surface area contributed by atoms with Gasteiger partial charge in [0.25, 0.3) is 0 Å². The van der Waals surface area contributed by atoms with Crippen LogP contribution in [0, 0.1) is 12.7 Å². The van der Waals surface area contributed by atoms with Crippen LogP contribution in [0.4, 0.5) is 4.39 Å². The number of ether oxygens (including phenoxy) is 2. The second-order valence-corrected chi connectivity index (χ2v) is 4.87. The first-order valence-corrected chi connectivity index (χ1v) is 6.75. The quantitative estimate of drug-likeness (QED) is 0.914. The van der Waals surface area contributed by atoms with Crippen molar-refractivity contribution < 1.29 is 13.9 Å². The van der Waals surface area contributed by atoms with E-state index in [9.17, 15) is 4.39 Å². The van der Waals surface area contributed by atoms with Crippen molar-refractivity contribution in [2.24, 2.45) is 0 Å². The second kappa shape index (κ2) is 6.59. The average molecular weight is 289 g/mol. The summed E-state index contributed by atoms with van der Waals surface area (Å²) in [5.41, 5.74) is 2.88. The molecule has 0 fully saturated rings. The molecule has 0 bridgehead atoms. The zero-order valence-corrected chi connectivity index (χ0v) is 12.7. The summed E-state index contributed by atoms with van der Waals surface area (Å²) in [5, 5.41) is 3.23. The summed E-state index contributed by atoms with van der Waals surface area (Å²) in [6, 6.07) is 10.3. The van der Waals surface area contributed by atoms with Gasteiger partial charge < -0.3 is 14.8 Å². The maximum absolute atomic E-state index is 13.6. The van der Waals surface area contributed by atoms with Gasteiger partial charge in [-0.25, -0.2) is 4.39 Å². The molecule has 21 heavy (non-hydrogen) atoms. The molecule has 0 aliphatic carbocycles. The number of aryl methyl sites for hydroxylation is 1. The molecule has 1 unspecified atom stereocenters. The van der Waals surface area contributed by atoms with E-state index in [0.717, 1.165) is 16.7 Å². The van der Waals surface area contributed by atoms with Gasteiger partial charge in [-0.1, -0.05) is 6.07 Å². The second-order valence-electron chi connectivity index (χ2n) is 4.87. The molecule has 0 heterocycles. The van der Waals surface area contributed by atoms with Gasteiger partial charge in [0.1, 0.15) is 17.3 Å². The highest BCUT2D eigenvalue weighted by molar-refractivity contribution is 5.44. The molecule has 0 radical (unpaired) electrons. The maximum atomic E-state index is 13.6. The highest BCUT2D eigenvalue weighted by Crippen LogP contribution is 2.31. The minimum Gasteiger partial charge on any atom is -0.497 e. The smallest absolute Gasteiger partial charge is 0.123 e. The van der Waals surface area contributed by atoms with Crippen LogP contribution in [0.2, 0.25) is 0 Å². The van der Waals surface area contributed by atoms with E-state index in [1.807, 2.05) is 32.2 Å². The highest BCUT2D eigenvalue weighted by atomic mass is 19.1. The zero-order chi connectivity index (χ0) is 15.4. The lowest BCUT2D eigenvalue weighted by Gasteiger charge is -2.21. The predicted molar refractivity (Wildman–Crippen MR) is 81.6 cm³/mol. The van der Waals surface area contributed by atoms with Gasteiger partial charge in [-0.15, -0.1) is 0 Å². The normalized spacial score (nSPS) is 12.0. The standard InChI is InChI=1S/C17H20FNO2/c1-11-5-6-13(18)9-16(11)17(19-2)12-7-14(20-3)10-15(8-12)21-4/h5-10,17,19H,1-4H3. The Bertz CT molecular complexity index is 606. The van der Waals surface area contributed by atoms with Crippen LogP contribution in [0.5, 0.6) is 11.5 Å². The van der Waals surface area contributed by atoms with E-state index in [1.54, 1.807) is 26.4 Å². The lowest BCUT2D eigenvalue weighted by atomic mass is 9.94. The number of hydrogen-bond acceptors (Lipinski definition) is 3. The van der Waals surface area contributed by atoms with Crippen LogP contribution in [0.15, 0.2) is 36.4 Å². The third-order valence-corrected chi connectivity index (χ3v) is 3.55. The topological polar surface area (TPSA) is 30.5 Å². The first kappa shape index (κ1) is 15.3.